The van der Waals surface area contributed by atoms with E-state index >= 15 is 0 Å². The van der Waals surface area contributed by atoms with E-state index in [1.54, 1.807) is 0 Å². The van der Waals surface area contributed by atoms with Crippen molar-refractivity contribution in [2.45, 2.75) is 45.2 Å². The molecule has 1 atom stereocenters. The van der Waals surface area contributed by atoms with Gasteiger partial charge in [0.05, 0.1) is 4.91 Å². The van der Waals surface area contributed by atoms with Crippen molar-refractivity contribution in [3.05, 3.63) is 11.5 Å². The summed E-state index contributed by atoms with van der Waals surface area (Å²) in [6, 6.07) is 0.731. The minimum absolute atomic E-state index is 0.140. The smallest absolute Gasteiger partial charge is 0.256 e. The SMILES string of the molecule is C=C(CC1CCCN1C(C)C)S(=O)(=O)Cl. The molecule has 0 bridgehead atoms. The second kappa shape index (κ2) is 4.85. The van der Waals surface area contributed by atoms with E-state index in [4.69, 9.17) is 10.7 Å². The van der Waals surface area contributed by atoms with Crippen LogP contribution in [0.2, 0.25) is 0 Å². The zero-order valence-electron chi connectivity index (χ0n) is 9.24. The molecular formula is C10H18ClNO2S. The van der Waals surface area contributed by atoms with Gasteiger partial charge in [0.15, 0.2) is 0 Å². The maximum atomic E-state index is 11.0. The van der Waals surface area contributed by atoms with Gasteiger partial charge in [0.1, 0.15) is 0 Å². The molecule has 15 heavy (non-hydrogen) atoms. The maximum Gasteiger partial charge on any atom is 0.256 e. The van der Waals surface area contributed by atoms with Gasteiger partial charge in [-0.25, -0.2) is 8.42 Å². The van der Waals surface area contributed by atoms with Crippen LogP contribution in [-0.2, 0) is 9.05 Å². The summed E-state index contributed by atoms with van der Waals surface area (Å²) in [6.07, 6.45) is 2.62. The lowest BCUT2D eigenvalue weighted by atomic mass is 10.1. The van der Waals surface area contributed by atoms with E-state index in [0.717, 1.165) is 19.4 Å². The van der Waals surface area contributed by atoms with E-state index in [1.807, 2.05) is 0 Å². The molecule has 1 fully saturated rings. The molecular weight excluding hydrogens is 234 g/mol. The van der Waals surface area contributed by atoms with Gasteiger partial charge in [-0.05, 0) is 39.7 Å². The largest absolute Gasteiger partial charge is 0.298 e. The van der Waals surface area contributed by atoms with Gasteiger partial charge in [-0.15, -0.1) is 0 Å². The third-order valence-electron chi connectivity index (χ3n) is 2.89. The molecule has 0 aliphatic carbocycles. The molecule has 0 saturated carbocycles. The van der Waals surface area contributed by atoms with Crippen molar-refractivity contribution in [2.75, 3.05) is 6.54 Å². The second-order valence-corrected chi connectivity index (χ2v) is 6.98. The summed E-state index contributed by atoms with van der Waals surface area (Å²) in [5, 5.41) is 0. The number of rotatable bonds is 4. The van der Waals surface area contributed by atoms with Gasteiger partial charge in [-0.1, -0.05) is 6.58 Å². The molecule has 1 unspecified atom stereocenters. The Morgan fingerprint density at radius 2 is 2.20 bits per heavy atom. The van der Waals surface area contributed by atoms with Gasteiger partial charge in [0.25, 0.3) is 9.05 Å². The van der Waals surface area contributed by atoms with E-state index in [9.17, 15) is 8.42 Å². The summed E-state index contributed by atoms with van der Waals surface area (Å²) in [7, 11) is 1.66. The van der Waals surface area contributed by atoms with Crippen molar-refractivity contribution in [1.82, 2.24) is 4.90 Å². The van der Waals surface area contributed by atoms with Gasteiger partial charge in [-0.3, -0.25) is 4.90 Å². The van der Waals surface area contributed by atoms with Crippen LogP contribution in [0.15, 0.2) is 11.5 Å². The van der Waals surface area contributed by atoms with Crippen molar-refractivity contribution in [2.24, 2.45) is 0 Å². The number of hydrogen-bond donors (Lipinski definition) is 0. The van der Waals surface area contributed by atoms with Crippen LogP contribution in [0.1, 0.15) is 33.1 Å². The molecule has 1 heterocycles. The zero-order valence-corrected chi connectivity index (χ0v) is 10.8. The first-order valence-electron chi connectivity index (χ1n) is 5.20. The Balaban J connectivity index is 2.62. The maximum absolute atomic E-state index is 11.0. The number of hydrogen-bond acceptors (Lipinski definition) is 3. The average molecular weight is 252 g/mol. The summed E-state index contributed by atoms with van der Waals surface area (Å²) in [6.45, 7) is 8.82. The molecule has 1 saturated heterocycles. The van der Waals surface area contributed by atoms with Gasteiger partial charge >= 0.3 is 0 Å². The monoisotopic (exact) mass is 251 g/mol. The molecule has 1 aliphatic rings. The van der Waals surface area contributed by atoms with E-state index in [-0.39, 0.29) is 10.9 Å². The van der Waals surface area contributed by atoms with Gasteiger partial charge in [0, 0.05) is 22.8 Å². The van der Waals surface area contributed by atoms with Crippen LogP contribution in [0, 0.1) is 0 Å². The van der Waals surface area contributed by atoms with Crippen molar-refractivity contribution < 1.29 is 8.42 Å². The van der Waals surface area contributed by atoms with Crippen molar-refractivity contribution in [3.63, 3.8) is 0 Å². The van der Waals surface area contributed by atoms with Gasteiger partial charge in [0.2, 0.25) is 0 Å². The summed E-state index contributed by atoms with van der Waals surface area (Å²) >= 11 is 0. The van der Waals surface area contributed by atoms with Crippen LogP contribution >= 0.6 is 10.7 Å². The highest BCUT2D eigenvalue weighted by Gasteiger charge is 2.28. The number of likely N-dealkylation sites (tertiary alicyclic amines) is 1. The summed E-state index contributed by atoms with van der Waals surface area (Å²) in [5.41, 5.74) is 0. The molecule has 88 valence electrons. The van der Waals surface area contributed by atoms with Crippen LogP contribution in [0.5, 0.6) is 0 Å². The molecule has 0 amide bonds. The molecule has 3 nitrogen and oxygen atoms in total. The number of nitrogens with zero attached hydrogens (tertiary/aromatic N) is 1. The molecule has 0 aromatic heterocycles. The molecule has 1 aliphatic heterocycles. The molecule has 0 radical (unpaired) electrons. The summed E-state index contributed by atoms with van der Waals surface area (Å²) in [5.74, 6) is 0. The van der Waals surface area contributed by atoms with E-state index in [1.165, 1.54) is 0 Å². The standard InChI is InChI=1S/C10H18ClNO2S/c1-8(2)12-6-4-5-10(12)7-9(3)15(11,13)14/h8,10H,3-7H2,1-2H3. The van der Waals surface area contributed by atoms with Gasteiger partial charge < -0.3 is 0 Å². The lowest BCUT2D eigenvalue weighted by molar-refractivity contribution is 0.204. The zero-order chi connectivity index (χ0) is 11.6. The lowest BCUT2D eigenvalue weighted by Crippen LogP contribution is -2.35. The fourth-order valence-corrected chi connectivity index (χ4v) is 2.70. The predicted octanol–water partition coefficient (Wildman–Crippen LogP) is 2.33. The molecule has 1 rings (SSSR count). The van der Waals surface area contributed by atoms with Crippen LogP contribution < -0.4 is 0 Å². The second-order valence-electron chi connectivity index (χ2n) is 4.31. The van der Waals surface area contributed by atoms with Crippen molar-refractivity contribution in [1.29, 1.82) is 0 Å². The first-order valence-corrected chi connectivity index (χ1v) is 7.51. The minimum atomic E-state index is -3.59. The molecule has 0 spiro atoms. The first kappa shape index (κ1) is 13.0. The highest BCUT2D eigenvalue weighted by Crippen LogP contribution is 2.27. The molecule has 0 aromatic carbocycles. The molecule has 0 N–H and O–H groups in total. The Morgan fingerprint density at radius 3 is 2.67 bits per heavy atom. The third-order valence-corrected chi connectivity index (χ3v) is 4.41. The summed E-state index contributed by atoms with van der Waals surface area (Å²) in [4.78, 5) is 2.45. The topological polar surface area (TPSA) is 37.4 Å². The average Bonchev–Trinajstić information content (AvgIpc) is 2.50. The van der Waals surface area contributed by atoms with Crippen LogP contribution in [-0.4, -0.2) is 31.9 Å². The minimum Gasteiger partial charge on any atom is -0.298 e. The lowest BCUT2D eigenvalue weighted by Gasteiger charge is -2.28. The molecule has 5 heteroatoms. The van der Waals surface area contributed by atoms with E-state index in [2.05, 4.69) is 25.3 Å². The Hall–Kier alpha value is -0.0600. The predicted molar refractivity (Wildman–Crippen MR) is 63.4 cm³/mol. The van der Waals surface area contributed by atoms with Crippen LogP contribution in [0.4, 0.5) is 0 Å². The molecule has 0 aromatic rings. The first-order chi connectivity index (χ1) is 6.82. The fraction of sp³-hybridized carbons (Fsp3) is 0.800. The Kier molecular flexibility index (Phi) is 4.20. The van der Waals surface area contributed by atoms with Crippen LogP contribution in [0.3, 0.4) is 0 Å². The van der Waals surface area contributed by atoms with E-state index < -0.39 is 9.05 Å². The highest BCUT2D eigenvalue weighted by molar-refractivity contribution is 8.16. The highest BCUT2D eigenvalue weighted by atomic mass is 35.7. The Morgan fingerprint density at radius 1 is 1.60 bits per heavy atom. The third kappa shape index (κ3) is 3.47. The van der Waals surface area contributed by atoms with Crippen molar-refractivity contribution >= 4 is 19.7 Å². The summed E-state index contributed by atoms with van der Waals surface area (Å²) < 4.78 is 22.1. The Labute approximate surface area is 96.5 Å². The van der Waals surface area contributed by atoms with Crippen LogP contribution in [0.25, 0.3) is 0 Å². The normalized spacial score (nSPS) is 23.6. The van der Waals surface area contributed by atoms with E-state index in [0.29, 0.717) is 12.5 Å². The Bertz CT molecular complexity index is 337. The van der Waals surface area contributed by atoms with Gasteiger partial charge in [-0.2, -0.15) is 0 Å². The fourth-order valence-electron chi connectivity index (χ4n) is 2.12. The van der Waals surface area contributed by atoms with Crippen molar-refractivity contribution in [3.8, 4) is 0 Å². The number of halogens is 1. The quantitative estimate of drug-likeness (QED) is 0.720.